The summed E-state index contributed by atoms with van der Waals surface area (Å²) in [5.74, 6) is 0.448. The molecule has 0 aliphatic heterocycles. The number of ether oxygens (including phenoxy) is 2. The van der Waals surface area contributed by atoms with E-state index in [1.54, 1.807) is 30.3 Å². The molecule has 0 aliphatic rings. The van der Waals surface area contributed by atoms with E-state index in [1.165, 1.54) is 6.33 Å². The number of fused-ring (bicyclic) bond motifs is 1. The zero-order valence-corrected chi connectivity index (χ0v) is 16.4. The molecule has 0 saturated carbocycles. The molecule has 148 valence electrons. The van der Waals surface area contributed by atoms with Crippen LogP contribution in [0.4, 0.5) is 5.82 Å². The van der Waals surface area contributed by atoms with Crippen molar-refractivity contribution in [2.75, 3.05) is 19.0 Å². The highest BCUT2D eigenvalue weighted by molar-refractivity contribution is 5.94. The van der Waals surface area contributed by atoms with Crippen LogP contribution in [-0.2, 0) is 9.53 Å². The number of pyridine rings is 1. The molecule has 1 unspecified atom stereocenters. The van der Waals surface area contributed by atoms with E-state index in [2.05, 4.69) is 25.4 Å². The molecule has 0 spiro atoms. The van der Waals surface area contributed by atoms with Crippen LogP contribution in [0, 0.1) is 6.92 Å². The van der Waals surface area contributed by atoms with Gasteiger partial charge in [-0.2, -0.15) is 5.10 Å². The summed E-state index contributed by atoms with van der Waals surface area (Å²) in [4.78, 5) is 25.5. The third kappa shape index (κ3) is 4.42. The molecule has 3 rings (SSSR count). The van der Waals surface area contributed by atoms with E-state index in [9.17, 15) is 4.79 Å². The van der Waals surface area contributed by atoms with Crippen LogP contribution in [0.5, 0.6) is 5.88 Å². The van der Waals surface area contributed by atoms with E-state index < -0.39 is 6.10 Å². The Labute approximate surface area is 163 Å². The Balaban J connectivity index is 1.83. The summed E-state index contributed by atoms with van der Waals surface area (Å²) in [7, 11) is 1.58. The monoisotopic (exact) mass is 384 g/mol. The van der Waals surface area contributed by atoms with Gasteiger partial charge in [-0.15, -0.1) is 0 Å². The average Bonchev–Trinajstić information content (AvgIpc) is 3.12. The van der Waals surface area contributed by atoms with Crippen LogP contribution in [0.3, 0.4) is 0 Å². The maximum Gasteiger partial charge on any atom is 0.266 e. The van der Waals surface area contributed by atoms with Gasteiger partial charge in [0.15, 0.2) is 11.8 Å². The quantitative estimate of drug-likeness (QED) is 0.636. The van der Waals surface area contributed by atoms with Crippen molar-refractivity contribution in [3.63, 3.8) is 0 Å². The molecule has 0 bridgehead atoms. The lowest BCUT2D eigenvalue weighted by molar-refractivity contribution is -0.123. The van der Waals surface area contributed by atoms with Crippen molar-refractivity contribution >= 4 is 22.8 Å². The lowest BCUT2D eigenvalue weighted by Crippen LogP contribution is -2.34. The molecule has 3 aromatic heterocycles. The van der Waals surface area contributed by atoms with Crippen molar-refractivity contribution < 1.29 is 14.3 Å². The molecule has 1 amide bonds. The molecule has 9 nitrogen and oxygen atoms in total. The normalized spacial score (nSPS) is 12.3. The minimum atomic E-state index is -0.802. The number of carbonyl (C=O) groups is 1. The number of carbonyl (C=O) groups excluding carboxylic acids is 1. The first-order valence-corrected chi connectivity index (χ1v) is 9.07. The van der Waals surface area contributed by atoms with Gasteiger partial charge in [-0.3, -0.25) is 4.79 Å². The first-order chi connectivity index (χ1) is 13.5. The Morgan fingerprint density at radius 3 is 2.71 bits per heavy atom. The molecule has 0 aliphatic carbocycles. The fourth-order valence-electron chi connectivity index (χ4n) is 2.66. The number of nitrogens with zero attached hydrogens (tertiary/aromatic N) is 5. The predicted octanol–water partition coefficient (Wildman–Crippen LogP) is 2.53. The van der Waals surface area contributed by atoms with Gasteiger partial charge in [0.2, 0.25) is 5.88 Å². The lowest BCUT2D eigenvalue weighted by Gasteiger charge is -2.18. The molecular formula is C19H24N6O3. The number of aromatic nitrogens is 5. The van der Waals surface area contributed by atoms with Crippen molar-refractivity contribution in [3.8, 4) is 5.88 Å². The minimum Gasteiger partial charge on any atom is -0.464 e. The molecule has 3 aromatic rings. The van der Waals surface area contributed by atoms with Crippen LogP contribution in [-0.4, -0.2) is 50.5 Å². The second-order valence-corrected chi connectivity index (χ2v) is 6.70. The van der Waals surface area contributed by atoms with Crippen molar-refractivity contribution in [2.24, 2.45) is 0 Å². The molecule has 0 fully saturated rings. The molecule has 0 aromatic carbocycles. The first-order valence-electron chi connectivity index (χ1n) is 9.07. The number of hydrogen-bond acceptors (Lipinski definition) is 7. The van der Waals surface area contributed by atoms with Crippen molar-refractivity contribution in [1.82, 2.24) is 24.7 Å². The van der Waals surface area contributed by atoms with Gasteiger partial charge in [0, 0.05) is 25.8 Å². The zero-order chi connectivity index (χ0) is 20.1. The number of aryl methyl sites for hydroxylation is 1. The van der Waals surface area contributed by atoms with E-state index in [1.807, 2.05) is 26.8 Å². The zero-order valence-electron chi connectivity index (χ0n) is 16.4. The highest BCUT2D eigenvalue weighted by Gasteiger charge is 2.23. The number of methoxy groups -OCH3 is 1. The summed E-state index contributed by atoms with van der Waals surface area (Å²) in [6.45, 7) is 6.32. The minimum absolute atomic E-state index is 0.139. The molecule has 1 N–H and O–H groups in total. The Morgan fingerprint density at radius 1 is 1.21 bits per heavy atom. The van der Waals surface area contributed by atoms with Crippen LogP contribution in [0.1, 0.15) is 31.9 Å². The number of hydrogen-bond donors (Lipinski definition) is 1. The smallest absolute Gasteiger partial charge is 0.266 e. The number of nitrogens with one attached hydrogen (secondary N) is 1. The molecule has 9 heteroatoms. The fourth-order valence-corrected chi connectivity index (χ4v) is 2.66. The van der Waals surface area contributed by atoms with Gasteiger partial charge in [-0.05, 0) is 32.4 Å². The summed E-state index contributed by atoms with van der Waals surface area (Å²) in [6.07, 6.45) is 4.30. The van der Waals surface area contributed by atoms with Crippen LogP contribution in [0.25, 0.3) is 11.0 Å². The molecule has 0 radical (unpaired) electrons. The van der Waals surface area contributed by atoms with Crippen molar-refractivity contribution in [2.45, 2.75) is 39.3 Å². The predicted molar refractivity (Wildman–Crippen MR) is 104 cm³/mol. The topological polar surface area (TPSA) is 104 Å². The van der Waals surface area contributed by atoms with Crippen LogP contribution in [0.2, 0.25) is 0 Å². The largest absolute Gasteiger partial charge is 0.464 e. The van der Waals surface area contributed by atoms with E-state index in [0.29, 0.717) is 35.8 Å². The second kappa shape index (κ2) is 8.75. The number of anilines is 1. The van der Waals surface area contributed by atoms with Gasteiger partial charge in [0.1, 0.15) is 17.5 Å². The van der Waals surface area contributed by atoms with Crippen LogP contribution < -0.4 is 10.1 Å². The summed E-state index contributed by atoms with van der Waals surface area (Å²) in [5, 5.41) is 7.77. The van der Waals surface area contributed by atoms with E-state index in [4.69, 9.17) is 9.47 Å². The first kappa shape index (κ1) is 19.7. The van der Waals surface area contributed by atoms with Crippen molar-refractivity contribution in [3.05, 3.63) is 36.4 Å². The molecule has 1 atom stereocenters. The van der Waals surface area contributed by atoms with E-state index in [0.717, 1.165) is 5.56 Å². The molecule has 28 heavy (non-hydrogen) atoms. The number of amides is 1. The van der Waals surface area contributed by atoms with Gasteiger partial charge in [-0.1, -0.05) is 6.07 Å². The fraction of sp³-hybridized carbons (Fsp3) is 0.421. The highest BCUT2D eigenvalue weighted by atomic mass is 16.5. The van der Waals surface area contributed by atoms with E-state index in [-0.39, 0.29) is 11.9 Å². The Morgan fingerprint density at radius 2 is 2.04 bits per heavy atom. The third-order valence-corrected chi connectivity index (χ3v) is 4.14. The number of rotatable bonds is 8. The van der Waals surface area contributed by atoms with Crippen LogP contribution >= 0.6 is 0 Å². The highest BCUT2D eigenvalue weighted by Crippen LogP contribution is 2.24. The summed E-state index contributed by atoms with van der Waals surface area (Å²) in [6, 6.07) is 3.76. The Bertz CT molecular complexity index is 938. The van der Waals surface area contributed by atoms with Gasteiger partial charge in [-0.25, -0.2) is 19.6 Å². The standard InChI is InChI=1S/C19H24N6O3/c1-12(2)25-17-14(10-23-25)19(22-11-21-17)28-15(7-8-27-4)18(26)24-16-6-5-13(3)9-20-16/h5-6,9-12,15H,7-8H2,1-4H3,(H,20,24,26). The third-order valence-electron chi connectivity index (χ3n) is 4.14. The van der Waals surface area contributed by atoms with Crippen LogP contribution in [0.15, 0.2) is 30.9 Å². The maximum absolute atomic E-state index is 12.8. The average molecular weight is 384 g/mol. The summed E-state index contributed by atoms with van der Waals surface area (Å²) < 4.78 is 12.9. The lowest BCUT2D eigenvalue weighted by atomic mass is 10.2. The molecule has 3 heterocycles. The SMILES string of the molecule is COCCC(Oc1ncnc2c1cnn2C(C)C)C(=O)Nc1ccc(C)cn1. The molecular weight excluding hydrogens is 360 g/mol. The Hall–Kier alpha value is -3.07. The maximum atomic E-state index is 12.8. The van der Waals surface area contributed by atoms with Gasteiger partial charge in [0.05, 0.1) is 12.8 Å². The van der Waals surface area contributed by atoms with Gasteiger partial charge < -0.3 is 14.8 Å². The summed E-state index contributed by atoms with van der Waals surface area (Å²) in [5.41, 5.74) is 1.67. The van der Waals surface area contributed by atoms with Gasteiger partial charge in [0.25, 0.3) is 5.91 Å². The molecule has 0 saturated heterocycles. The van der Waals surface area contributed by atoms with Crippen molar-refractivity contribution in [1.29, 1.82) is 0 Å². The second-order valence-electron chi connectivity index (χ2n) is 6.70. The summed E-state index contributed by atoms with van der Waals surface area (Å²) >= 11 is 0. The van der Waals surface area contributed by atoms with Gasteiger partial charge >= 0.3 is 0 Å². The van der Waals surface area contributed by atoms with E-state index >= 15 is 0 Å². The Kier molecular flexibility index (Phi) is 6.15.